The second-order valence-electron chi connectivity index (χ2n) is 2.93. The first-order valence-corrected chi connectivity index (χ1v) is 4.83. The minimum atomic E-state index is 0.261. The van der Waals surface area contributed by atoms with E-state index in [2.05, 4.69) is 4.98 Å². The molecular weight excluding hydrogens is 158 g/mol. The molecule has 0 fully saturated rings. The van der Waals surface area contributed by atoms with Gasteiger partial charge < -0.3 is 5.11 Å². The van der Waals surface area contributed by atoms with Gasteiger partial charge in [0.15, 0.2) is 0 Å². The zero-order valence-electron chi connectivity index (χ0n) is 6.29. The van der Waals surface area contributed by atoms with E-state index in [1.807, 2.05) is 5.51 Å². The molecule has 1 aliphatic rings. The fourth-order valence-electron chi connectivity index (χ4n) is 1.62. The van der Waals surface area contributed by atoms with Crippen LogP contribution in [0.3, 0.4) is 0 Å². The van der Waals surface area contributed by atoms with Gasteiger partial charge >= 0.3 is 0 Å². The van der Waals surface area contributed by atoms with Crippen LogP contribution in [0.25, 0.3) is 0 Å². The van der Waals surface area contributed by atoms with E-state index >= 15 is 0 Å². The van der Waals surface area contributed by atoms with Gasteiger partial charge in [-0.1, -0.05) is 0 Å². The number of aryl methyl sites for hydroxylation is 1. The summed E-state index contributed by atoms with van der Waals surface area (Å²) in [6.07, 6.45) is 3.48. The molecule has 3 heteroatoms. The first kappa shape index (κ1) is 7.25. The molecule has 0 saturated carbocycles. The predicted molar refractivity (Wildman–Crippen MR) is 44.9 cm³/mol. The highest BCUT2D eigenvalue weighted by Crippen LogP contribution is 2.32. The Morgan fingerprint density at radius 2 is 2.64 bits per heavy atom. The summed E-state index contributed by atoms with van der Waals surface area (Å²) >= 11 is 1.72. The maximum absolute atomic E-state index is 9.02. The fraction of sp³-hybridized carbons (Fsp3) is 0.625. The number of fused-ring (bicyclic) bond motifs is 1. The molecule has 11 heavy (non-hydrogen) atoms. The van der Waals surface area contributed by atoms with Gasteiger partial charge in [0.05, 0.1) is 17.8 Å². The molecule has 2 rings (SSSR count). The Bertz CT molecular complexity index is 246. The molecule has 1 aromatic heterocycles. The number of hydrogen-bond donors (Lipinski definition) is 1. The molecule has 0 amide bonds. The van der Waals surface area contributed by atoms with Gasteiger partial charge in [0.25, 0.3) is 0 Å². The number of aromatic nitrogens is 1. The summed E-state index contributed by atoms with van der Waals surface area (Å²) in [6.45, 7) is 0.261. The molecule has 1 atom stereocenters. The van der Waals surface area contributed by atoms with E-state index in [-0.39, 0.29) is 6.61 Å². The maximum Gasteiger partial charge on any atom is 0.0797 e. The largest absolute Gasteiger partial charge is 0.396 e. The summed E-state index contributed by atoms with van der Waals surface area (Å²) in [5.74, 6) is 0.324. The lowest BCUT2D eigenvalue weighted by atomic mass is 9.92. The lowest BCUT2D eigenvalue weighted by Crippen LogP contribution is -2.11. The van der Waals surface area contributed by atoms with Crippen molar-refractivity contribution in [1.82, 2.24) is 4.98 Å². The first-order valence-electron chi connectivity index (χ1n) is 3.95. The highest BCUT2D eigenvalue weighted by Gasteiger charge is 2.21. The van der Waals surface area contributed by atoms with Crippen LogP contribution in [0.4, 0.5) is 0 Å². The zero-order chi connectivity index (χ0) is 7.68. The van der Waals surface area contributed by atoms with Crippen LogP contribution in [0.2, 0.25) is 0 Å². The molecule has 0 spiro atoms. The Morgan fingerprint density at radius 3 is 3.45 bits per heavy atom. The number of rotatable bonds is 1. The fourth-order valence-corrected chi connectivity index (χ4v) is 2.52. The second kappa shape index (κ2) is 2.91. The van der Waals surface area contributed by atoms with Crippen LogP contribution in [-0.4, -0.2) is 16.7 Å². The summed E-state index contributed by atoms with van der Waals surface area (Å²) in [5, 5.41) is 9.02. The monoisotopic (exact) mass is 169 g/mol. The predicted octanol–water partition coefficient (Wildman–Crippen LogP) is 1.56. The standard InChI is InChI=1S/C8H11NOS/c10-4-6-2-1-3-7-8(6)9-5-11-7/h5-6,10H,1-4H2. The smallest absolute Gasteiger partial charge is 0.0797 e. The molecule has 1 aromatic rings. The molecule has 1 N–H and O–H groups in total. The van der Waals surface area contributed by atoms with Crippen molar-refractivity contribution in [2.75, 3.05) is 6.61 Å². The van der Waals surface area contributed by atoms with Crippen molar-refractivity contribution in [2.24, 2.45) is 0 Å². The Morgan fingerprint density at radius 1 is 1.73 bits per heavy atom. The minimum Gasteiger partial charge on any atom is -0.396 e. The highest BCUT2D eigenvalue weighted by molar-refractivity contribution is 7.09. The van der Waals surface area contributed by atoms with Crippen molar-refractivity contribution in [3.05, 3.63) is 16.1 Å². The van der Waals surface area contributed by atoms with Gasteiger partial charge in [-0.25, -0.2) is 4.98 Å². The molecule has 60 valence electrons. The summed E-state index contributed by atoms with van der Waals surface area (Å²) in [4.78, 5) is 5.65. The van der Waals surface area contributed by atoms with E-state index in [0.717, 1.165) is 18.5 Å². The quantitative estimate of drug-likeness (QED) is 0.692. The minimum absolute atomic E-state index is 0.261. The average molecular weight is 169 g/mol. The van der Waals surface area contributed by atoms with Crippen molar-refractivity contribution >= 4 is 11.3 Å². The van der Waals surface area contributed by atoms with E-state index < -0.39 is 0 Å². The van der Waals surface area contributed by atoms with Crippen LogP contribution in [0, 0.1) is 0 Å². The summed E-state index contributed by atoms with van der Waals surface area (Å²) in [7, 11) is 0. The lowest BCUT2D eigenvalue weighted by molar-refractivity contribution is 0.251. The average Bonchev–Trinajstić information content (AvgIpc) is 2.50. The first-order chi connectivity index (χ1) is 5.42. The molecule has 0 aromatic carbocycles. The summed E-state index contributed by atoms with van der Waals surface area (Å²) in [6, 6.07) is 0. The van der Waals surface area contributed by atoms with Crippen LogP contribution < -0.4 is 0 Å². The van der Waals surface area contributed by atoms with Crippen LogP contribution in [-0.2, 0) is 6.42 Å². The number of nitrogens with zero attached hydrogens (tertiary/aromatic N) is 1. The normalized spacial score (nSPS) is 23.2. The summed E-state index contributed by atoms with van der Waals surface area (Å²) in [5.41, 5.74) is 3.04. The highest BCUT2D eigenvalue weighted by atomic mass is 32.1. The lowest BCUT2D eigenvalue weighted by Gasteiger charge is -2.18. The number of aliphatic hydroxyl groups is 1. The van der Waals surface area contributed by atoms with E-state index in [1.54, 1.807) is 11.3 Å². The van der Waals surface area contributed by atoms with Gasteiger partial charge in [-0.05, 0) is 19.3 Å². The van der Waals surface area contributed by atoms with E-state index in [0.29, 0.717) is 5.92 Å². The summed E-state index contributed by atoms with van der Waals surface area (Å²) < 4.78 is 0. The zero-order valence-corrected chi connectivity index (χ0v) is 7.10. The molecule has 1 unspecified atom stereocenters. The molecule has 2 nitrogen and oxygen atoms in total. The Balaban J connectivity index is 2.32. The van der Waals surface area contributed by atoms with Gasteiger partial charge in [-0.15, -0.1) is 11.3 Å². The number of aliphatic hydroxyl groups excluding tert-OH is 1. The van der Waals surface area contributed by atoms with Crippen molar-refractivity contribution in [3.8, 4) is 0 Å². The molecule has 0 aliphatic heterocycles. The Hall–Kier alpha value is -0.410. The third-order valence-corrected chi connectivity index (χ3v) is 3.14. The number of thiazole rings is 1. The van der Waals surface area contributed by atoms with E-state index in [9.17, 15) is 0 Å². The Kier molecular flexibility index (Phi) is 1.92. The van der Waals surface area contributed by atoms with E-state index in [4.69, 9.17) is 5.11 Å². The van der Waals surface area contributed by atoms with Crippen LogP contribution >= 0.6 is 11.3 Å². The third-order valence-electron chi connectivity index (χ3n) is 2.24. The second-order valence-corrected chi connectivity index (χ2v) is 3.87. The topological polar surface area (TPSA) is 33.1 Å². The van der Waals surface area contributed by atoms with E-state index in [1.165, 1.54) is 11.3 Å². The number of hydrogen-bond acceptors (Lipinski definition) is 3. The molecule has 0 saturated heterocycles. The Labute approximate surface area is 69.9 Å². The molecule has 0 bridgehead atoms. The van der Waals surface area contributed by atoms with Crippen molar-refractivity contribution in [3.63, 3.8) is 0 Å². The molecular formula is C8H11NOS. The molecule has 0 radical (unpaired) electrons. The molecule has 1 heterocycles. The van der Waals surface area contributed by atoms with Gasteiger partial charge in [-0.2, -0.15) is 0 Å². The molecule has 1 aliphatic carbocycles. The maximum atomic E-state index is 9.02. The third kappa shape index (κ3) is 1.19. The van der Waals surface area contributed by atoms with Crippen LogP contribution in [0.5, 0.6) is 0 Å². The van der Waals surface area contributed by atoms with Gasteiger partial charge in [0.2, 0.25) is 0 Å². The van der Waals surface area contributed by atoms with Gasteiger partial charge in [0.1, 0.15) is 0 Å². The van der Waals surface area contributed by atoms with Gasteiger partial charge in [-0.3, -0.25) is 0 Å². The van der Waals surface area contributed by atoms with Crippen LogP contribution in [0.15, 0.2) is 5.51 Å². The van der Waals surface area contributed by atoms with Crippen molar-refractivity contribution in [1.29, 1.82) is 0 Å². The van der Waals surface area contributed by atoms with Crippen molar-refractivity contribution < 1.29 is 5.11 Å². The van der Waals surface area contributed by atoms with Crippen LogP contribution in [0.1, 0.15) is 29.3 Å². The SMILES string of the molecule is OCC1CCCc2scnc21. The van der Waals surface area contributed by atoms with Gasteiger partial charge in [0, 0.05) is 10.8 Å². The van der Waals surface area contributed by atoms with Crippen molar-refractivity contribution in [2.45, 2.75) is 25.2 Å².